The highest BCUT2D eigenvalue weighted by molar-refractivity contribution is 5.85. The van der Waals surface area contributed by atoms with Crippen LogP contribution in [-0.4, -0.2) is 29.9 Å². The number of nitrogens with zero attached hydrogens (tertiary/aromatic N) is 1. The van der Waals surface area contributed by atoms with Crippen molar-refractivity contribution in [3.8, 4) is 0 Å². The molecule has 1 aromatic rings. The molecule has 1 saturated carbocycles. The largest absolute Gasteiger partial charge is 0.341 e. The van der Waals surface area contributed by atoms with Crippen molar-refractivity contribution in [1.82, 2.24) is 4.90 Å². The second kappa shape index (κ2) is 6.80. The zero-order valence-corrected chi connectivity index (χ0v) is 13.3. The third-order valence-corrected chi connectivity index (χ3v) is 4.89. The Morgan fingerprint density at radius 3 is 2.52 bits per heavy atom. The van der Waals surface area contributed by atoms with Crippen LogP contribution in [0.25, 0.3) is 0 Å². The molecule has 3 rings (SSSR count). The lowest BCUT2D eigenvalue weighted by Crippen LogP contribution is -2.54. The van der Waals surface area contributed by atoms with Crippen LogP contribution in [0, 0.1) is 5.41 Å². The lowest BCUT2D eigenvalue weighted by molar-refractivity contribution is -0.148. The Morgan fingerprint density at radius 1 is 1.24 bits per heavy atom. The quantitative estimate of drug-likeness (QED) is 0.933. The zero-order valence-electron chi connectivity index (χ0n) is 12.5. The van der Waals surface area contributed by atoms with Crippen molar-refractivity contribution in [3.63, 3.8) is 0 Å². The van der Waals surface area contributed by atoms with Crippen molar-refractivity contribution in [2.24, 2.45) is 11.1 Å². The number of hydrogen-bond donors (Lipinski definition) is 1. The molecule has 0 spiro atoms. The van der Waals surface area contributed by atoms with Crippen molar-refractivity contribution >= 4 is 18.3 Å². The third-order valence-electron chi connectivity index (χ3n) is 4.89. The number of hydrogen-bond acceptors (Lipinski definition) is 2. The summed E-state index contributed by atoms with van der Waals surface area (Å²) in [5, 5.41) is 0. The molecule has 1 amide bonds. The Labute approximate surface area is 133 Å². The van der Waals surface area contributed by atoms with E-state index >= 15 is 0 Å². The van der Waals surface area contributed by atoms with E-state index in [0.717, 1.165) is 45.2 Å². The second-order valence-corrected chi connectivity index (χ2v) is 6.45. The van der Waals surface area contributed by atoms with Gasteiger partial charge in [0.1, 0.15) is 0 Å². The van der Waals surface area contributed by atoms with E-state index in [1.165, 1.54) is 12.0 Å². The van der Waals surface area contributed by atoms with Crippen molar-refractivity contribution < 1.29 is 4.79 Å². The van der Waals surface area contributed by atoms with Gasteiger partial charge in [0.05, 0.1) is 5.41 Å². The molecule has 0 bridgehead atoms. The number of carbonyl (C=O) groups excluding carboxylic acids is 1. The maximum absolute atomic E-state index is 12.9. The topological polar surface area (TPSA) is 46.3 Å². The summed E-state index contributed by atoms with van der Waals surface area (Å²) in [4.78, 5) is 14.9. The summed E-state index contributed by atoms with van der Waals surface area (Å²) in [6, 6.07) is 10.6. The molecule has 3 nitrogen and oxygen atoms in total. The minimum absolute atomic E-state index is 0. The second-order valence-electron chi connectivity index (χ2n) is 6.45. The average Bonchev–Trinajstić information content (AvgIpc) is 2.43. The molecular formula is C17H25ClN2O. The van der Waals surface area contributed by atoms with Gasteiger partial charge in [0.15, 0.2) is 0 Å². The Morgan fingerprint density at radius 2 is 1.95 bits per heavy atom. The fourth-order valence-corrected chi connectivity index (χ4v) is 3.59. The van der Waals surface area contributed by atoms with Crippen LogP contribution >= 0.6 is 12.4 Å². The van der Waals surface area contributed by atoms with Crippen molar-refractivity contribution in [2.45, 2.75) is 44.6 Å². The van der Waals surface area contributed by atoms with E-state index in [2.05, 4.69) is 24.3 Å². The first-order valence-electron chi connectivity index (χ1n) is 7.78. The van der Waals surface area contributed by atoms with Gasteiger partial charge in [0, 0.05) is 19.1 Å². The van der Waals surface area contributed by atoms with Crippen LogP contribution in [0.15, 0.2) is 30.3 Å². The number of nitrogens with two attached hydrogens (primary N) is 1. The van der Waals surface area contributed by atoms with Crippen molar-refractivity contribution in [1.29, 1.82) is 0 Å². The van der Waals surface area contributed by atoms with Crippen LogP contribution in [0.4, 0.5) is 0 Å². The molecule has 1 heterocycles. The van der Waals surface area contributed by atoms with Crippen LogP contribution < -0.4 is 5.73 Å². The molecule has 1 aliphatic carbocycles. The highest BCUT2D eigenvalue weighted by Crippen LogP contribution is 2.45. The van der Waals surface area contributed by atoms with Crippen LogP contribution in [-0.2, 0) is 11.2 Å². The SMILES string of the molecule is Cl.NC1CCCN(C(=O)C2(Cc3ccccc3)CCC2)C1. The van der Waals surface area contributed by atoms with Gasteiger partial charge in [-0.25, -0.2) is 0 Å². The van der Waals surface area contributed by atoms with Crippen LogP contribution in [0.1, 0.15) is 37.7 Å². The molecule has 1 atom stereocenters. The number of benzene rings is 1. The Balaban J connectivity index is 0.00000161. The van der Waals surface area contributed by atoms with Gasteiger partial charge in [-0.1, -0.05) is 36.8 Å². The van der Waals surface area contributed by atoms with Crippen LogP contribution in [0.5, 0.6) is 0 Å². The zero-order chi connectivity index (χ0) is 14.0. The molecule has 1 aliphatic heterocycles. The monoisotopic (exact) mass is 308 g/mol. The number of halogens is 1. The van der Waals surface area contributed by atoms with E-state index in [-0.39, 0.29) is 23.9 Å². The van der Waals surface area contributed by atoms with E-state index in [4.69, 9.17) is 5.73 Å². The number of rotatable bonds is 3. The summed E-state index contributed by atoms with van der Waals surface area (Å²) < 4.78 is 0. The van der Waals surface area contributed by atoms with E-state index < -0.39 is 0 Å². The van der Waals surface area contributed by atoms with E-state index in [0.29, 0.717) is 5.91 Å². The smallest absolute Gasteiger partial charge is 0.229 e. The Bertz CT molecular complexity index is 473. The lowest BCUT2D eigenvalue weighted by atomic mass is 9.64. The highest BCUT2D eigenvalue weighted by Gasteiger charge is 2.46. The standard InChI is InChI=1S/C17H24N2O.ClH/c18-15-8-4-11-19(13-15)16(20)17(9-5-10-17)12-14-6-2-1-3-7-14;/h1-3,6-7,15H,4-5,8-13,18H2;1H. The summed E-state index contributed by atoms with van der Waals surface area (Å²) in [7, 11) is 0. The number of piperidine rings is 1. The van der Waals surface area contributed by atoms with Gasteiger partial charge in [-0.2, -0.15) is 0 Å². The molecule has 2 N–H and O–H groups in total. The molecular weight excluding hydrogens is 284 g/mol. The average molecular weight is 309 g/mol. The van der Waals surface area contributed by atoms with E-state index in [9.17, 15) is 4.79 Å². The third kappa shape index (κ3) is 3.41. The molecule has 116 valence electrons. The summed E-state index contributed by atoms with van der Waals surface area (Å²) in [6.45, 7) is 1.64. The van der Waals surface area contributed by atoms with E-state index in [1.54, 1.807) is 0 Å². The molecule has 2 aliphatic rings. The molecule has 2 fully saturated rings. The van der Waals surface area contributed by atoms with Crippen LogP contribution in [0.3, 0.4) is 0 Å². The molecule has 21 heavy (non-hydrogen) atoms. The predicted molar refractivity (Wildman–Crippen MR) is 87.5 cm³/mol. The molecule has 1 aromatic carbocycles. The molecule has 0 aromatic heterocycles. The molecule has 0 radical (unpaired) electrons. The summed E-state index contributed by atoms with van der Waals surface area (Å²) in [5.74, 6) is 0.350. The van der Waals surface area contributed by atoms with Crippen molar-refractivity contribution in [2.75, 3.05) is 13.1 Å². The molecule has 1 saturated heterocycles. The summed E-state index contributed by atoms with van der Waals surface area (Å²) in [5.41, 5.74) is 7.16. The van der Waals surface area contributed by atoms with Gasteiger partial charge in [-0.3, -0.25) is 4.79 Å². The van der Waals surface area contributed by atoms with Crippen molar-refractivity contribution in [3.05, 3.63) is 35.9 Å². The number of carbonyl (C=O) groups is 1. The first-order valence-corrected chi connectivity index (χ1v) is 7.78. The molecule has 4 heteroatoms. The lowest BCUT2D eigenvalue weighted by Gasteiger charge is -2.45. The summed E-state index contributed by atoms with van der Waals surface area (Å²) >= 11 is 0. The minimum atomic E-state index is -0.140. The fraction of sp³-hybridized carbons (Fsp3) is 0.588. The summed E-state index contributed by atoms with van der Waals surface area (Å²) in [6.07, 6.45) is 6.24. The van der Waals surface area contributed by atoms with Gasteiger partial charge in [-0.05, 0) is 37.7 Å². The van der Waals surface area contributed by atoms with Gasteiger partial charge < -0.3 is 10.6 Å². The molecule has 1 unspecified atom stereocenters. The predicted octanol–water partition coefficient (Wildman–Crippen LogP) is 2.77. The first-order chi connectivity index (χ1) is 9.70. The maximum Gasteiger partial charge on any atom is 0.229 e. The number of amides is 1. The Kier molecular flexibility index (Phi) is 5.28. The first kappa shape index (κ1) is 16.3. The van der Waals surface area contributed by atoms with Crippen LogP contribution in [0.2, 0.25) is 0 Å². The maximum atomic E-state index is 12.9. The van der Waals surface area contributed by atoms with Gasteiger partial charge in [-0.15, -0.1) is 12.4 Å². The minimum Gasteiger partial charge on any atom is -0.341 e. The van der Waals surface area contributed by atoms with Gasteiger partial charge in [0.25, 0.3) is 0 Å². The fourth-order valence-electron chi connectivity index (χ4n) is 3.59. The number of likely N-dealkylation sites (tertiary alicyclic amines) is 1. The highest BCUT2D eigenvalue weighted by atomic mass is 35.5. The Hall–Kier alpha value is -1.06. The van der Waals surface area contributed by atoms with Gasteiger partial charge in [0.2, 0.25) is 5.91 Å². The normalized spacial score (nSPS) is 23.9. The van der Waals surface area contributed by atoms with Gasteiger partial charge >= 0.3 is 0 Å². The van der Waals surface area contributed by atoms with E-state index in [1.807, 2.05) is 11.0 Å².